The van der Waals surface area contributed by atoms with E-state index in [9.17, 15) is 9.59 Å². The Morgan fingerprint density at radius 2 is 2.25 bits per heavy atom. The Morgan fingerprint density at radius 1 is 1.56 bits per heavy atom. The van der Waals surface area contributed by atoms with Crippen molar-refractivity contribution in [1.29, 1.82) is 0 Å². The molecule has 1 fully saturated rings. The molecule has 0 aromatic carbocycles. The van der Waals surface area contributed by atoms with Crippen LogP contribution in [-0.4, -0.2) is 42.4 Å². The number of amides is 2. The maximum Gasteiger partial charge on any atom is 0.239 e. The SMILES string of the molecule is CC[C@H](C)[C@H](N)C(=O)N1CCNC(=O)CC1. The van der Waals surface area contributed by atoms with Gasteiger partial charge in [0, 0.05) is 26.1 Å². The van der Waals surface area contributed by atoms with Gasteiger partial charge in [0.05, 0.1) is 6.04 Å². The monoisotopic (exact) mass is 227 g/mol. The van der Waals surface area contributed by atoms with Crippen LogP contribution in [0.1, 0.15) is 26.7 Å². The minimum Gasteiger partial charge on any atom is -0.354 e. The van der Waals surface area contributed by atoms with Gasteiger partial charge >= 0.3 is 0 Å². The second-order valence-corrected chi connectivity index (χ2v) is 4.34. The van der Waals surface area contributed by atoms with Gasteiger partial charge < -0.3 is 16.0 Å². The van der Waals surface area contributed by atoms with E-state index in [4.69, 9.17) is 5.73 Å². The molecule has 1 rings (SSSR count). The summed E-state index contributed by atoms with van der Waals surface area (Å²) >= 11 is 0. The Hall–Kier alpha value is -1.10. The van der Waals surface area contributed by atoms with Gasteiger partial charge in [-0.15, -0.1) is 0 Å². The summed E-state index contributed by atoms with van der Waals surface area (Å²) < 4.78 is 0. The first kappa shape index (κ1) is 13.0. The molecule has 1 aliphatic heterocycles. The molecule has 0 aromatic rings. The number of carbonyl (C=O) groups excluding carboxylic acids is 2. The van der Waals surface area contributed by atoms with Crippen molar-refractivity contribution in [1.82, 2.24) is 10.2 Å². The van der Waals surface area contributed by atoms with Crippen LogP contribution >= 0.6 is 0 Å². The second kappa shape index (κ2) is 5.84. The zero-order valence-electron chi connectivity index (χ0n) is 10.0. The molecule has 16 heavy (non-hydrogen) atoms. The Balaban J connectivity index is 2.55. The van der Waals surface area contributed by atoms with Gasteiger partial charge in [-0.1, -0.05) is 20.3 Å². The summed E-state index contributed by atoms with van der Waals surface area (Å²) in [6.07, 6.45) is 1.26. The highest BCUT2D eigenvalue weighted by Crippen LogP contribution is 2.09. The third kappa shape index (κ3) is 3.20. The van der Waals surface area contributed by atoms with Crippen molar-refractivity contribution in [2.75, 3.05) is 19.6 Å². The average molecular weight is 227 g/mol. The molecule has 1 aliphatic rings. The number of rotatable bonds is 3. The molecule has 0 unspecified atom stereocenters. The Bertz CT molecular complexity index is 268. The van der Waals surface area contributed by atoms with Gasteiger partial charge in [0.1, 0.15) is 0 Å². The molecule has 0 saturated carbocycles. The largest absolute Gasteiger partial charge is 0.354 e. The molecular formula is C11H21N3O2. The van der Waals surface area contributed by atoms with Gasteiger partial charge in [-0.2, -0.15) is 0 Å². The predicted molar refractivity (Wildman–Crippen MR) is 61.6 cm³/mol. The molecule has 3 N–H and O–H groups in total. The molecule has 0 aliphatic carbocycles. The van der Waals surface area contributed by atoms with E-state index in [1.54, 1.807) is 4.90 Å². The summed E-state index contributed by atoms with van der Waals surface area (Å²) in [7, 11) is 0. The summed E-state index contributed by atoms with van der Waals surface area (Å²) in [6, 6.07) is -0.446. The van der Waals surface area contributed by atoms with Crippen LogP contribution in [0, 0.1) is 5.92 Å². The van der Waals surface area contributed by atoms with E-state index in [2.05, 4.69) is 5.32 Å². The minimum absolute atomic E-state index is 0.00686. The molecule has 0 radical (unpaired) electrons. The predicted octanol–water partition coefficient (Wildman–Crippen LogP) is -0.292. The van der Waals surface area contributed by atoms with E-state index in [1.165, 1.54) is 0 Å². The van der Waals surface area contributed by atoms with Crippen molar-refractivity contribution >= 4 is 11.8 Å². The van der Waals surface area contributed by atoms with Gasteiger partial charge in [0.2, 0.25) is 11.8 Å². The van der Waals surface area contributed by atoms with Gasteiger partial charge in [0.25, 0.3) is 0 Å². The number of hydrogen-bond acceptors (Lipinski definition) is 3. The van der Waals surface area contributed by atoms with Crippen molar-refractivity contribution in [3.05, 3.63) is 0 Å². The first-order valence-corrected chi connectivity index (χ1v) is 5.87. The lowest BCUT2D eigenvalue weighted by molar-refractivity contribution is -0.133. The van der Waals surface area contributed by atoms with Crippen LogP contribution in [-0.2, 0) is 9.59 Å². The second-order valence-electron chi connectivity index (χ2n) is 4.34. The average Bonchev–Trinajstić information content (AvgIpc) is 2.51. The van der Waals surface area contributed by atoms with E-state index in [-0.39, 0.29) is 17.7 Å². The van der Waals surface area contributed by atoms with Crippen molar-refractivity contribution in [2.24, 2.45) is 11.7 Å². The minimum atomic E-state index is -0.446. The third-order valence-electron chi connectivity index (χ3n) is 3.17. The summed E-state index contributed by atoms with van der Waals surface area (Å²) in [5, 5.41) is 2.74. The maximum absolute atomic E-state index is 12.0. The lowest BCUT2D eigenvalue weighted by Gasteiger charge is -2.26. The molecule has 1 heterocycles. The molecule has 0 bridgehead atoms. The molecule has 0 spiro atoms. The lowest BCUT2D eigenvalue weighted by atomic mass is 9.99. The lowest BCUT2D eigenvalue weighted by Crippen LogP contribution is -2.48. The maximum atomic E-state index is 12.0. The van der Waals surface area contributed by atoms with Gasteiger partial charge in [-0.05, 0) is 5.92 Å². The van der Waals surface area contributed by atoms with E-state index < -0.39 is 6.04 Å². The molecule has 2 amide bonds. The molecule has 92 valence electrons. The highest BCUT2D eigenvalue weighted by atomic mass is 16.2. The van der Waals surface area contributed by atoms with Crippen LogP contribution in [0.2, 0.25) is 0 Å². The fourth-order valence-electron chi connectivity index (χ4n) is 1.70. The van der Waals surface area contributed by atoms with Crippen molar-refractivity contribution < 1.29 is 9.59 Å². The van der Waals surface area contributed by atoms with Crippen molar-refractivity contribution in [3.63, 3.8) is 0 Å². The summed E-state index contributed by atoms with van der Waals surface area (Å²) in [6.45, 7) is 5.57. The van der Waals surface area contributed by atoms with Crippen LogP contribution in [0.25, 0.3) is 0 Å². The topological polar surface area (TPSA) is 75.4 Å². The normalized spacial score (nSPS) is 20.9. The Kier molecular flexibility index (Phi) is 4.73. The van der Waals surface area contributed by atoms with Gasteiger partial charge in [0.15, 0.2) is 0 Å². The van der Waals surface area contributed by atoms with Crippen molar-refractivity contribution in [3.8, 4) is 0 Å². The van der Waals surface area contributed by atoms with Crippen LogP contribution in [0.5, 0.6) is 0 Å². The van der Waals surface area contributed by atoms with Crippen LogP contribution in [0.3, 0.4) is 0 Å². The number of carbonyl (C=O) groups is 2. The third-order valence-corrected chi connectivity index (χ3v) is 3.17. The molecule has 2 atom stereocenters. The van der Waals surface area contributed by atoms with E-state index >= 15 is 0 Å². The van der Waals surface area contributed by atoms with Crippen LogP contribution in [0.15, 0.2) is 0 Å². The molecule has 0 aromatic heterocycles. The van der Waals surface area contributed by atoms with Crippen LogP contribution in [0.4, 0.5) is 0 Å². The molecule has 5 heteroatoms. The highest BCUT2D eigenvalue weighted by molar-refractivity contribution is 5.83. The Morgan fingerprint density at radius 3 is 2.88 bits per heavy atom. The number of nitrogens with zero attached hydrogens (tertiary/aromatic N) is 1. The number of nitrogens with one attached hydrogen (secondary N) is 1. The quantitative estimate of drug-likeness (QED) is 0.695. The molecule has 5 nitrogen and oxygen atoms in total. The van der Waals surface area contributed by atoms with E-state index in [1.807, 2.05) is 13.8 Å². The van der Waals surface area contributed by atoms with E-state index in [0.29, 0.717) is 26.1 Å². The smallest absolute Gasteiger partial charge is 0.239 e. The standard InChI is InChI=1S/C11H21N3O2/c1-3-8(2)10(12)11(16)14-6-4-9(15)13-5-7-14/h8,10H,3-7,12H2,1-2H3,(H,13,15)/t8-,10-/m0/s1. The fourth-order valence-corrected chi connectivity index (χ4v) is 1.70. The summed E-state index contributed by atoms with van der Waals surface area (Å²) in [4.78, 5) is 24.8. The summed E-state index contributed by atoms with van der Waals surface area (Å²) in [5.74, 6) is 0.151. The summed E-state index contributed by atoms with van der Waals surface area (Å²) in [5.41, 5.74) is 5.89. The first-order valence-electron chi connectivity index (χ1n) is 5.87. The van der Waals surface area contributed by atoms with Crippen molar-refractivity contribution in [2.45, 2.75) is 32.7 Å². The number of hydrogen-bond donors (Lipinski definition) is 2. The zero-order chi connectivity index (χ0) is 12.1. The van der Waals surface area contributed by atoms with E-state index in [0.717, 1.165) is 6.42 Å². The van der Waals surface area contributed by atoms with Gasteiger partial charge in [-0.3, -0.25) is 9.59 Å². The zero-order valence-corrected chi connectivity index (χ0v) is 10.0. The van der Waals surface area contributed by atoms with Gasteiger partial charge in [-0.25, -0.2) is 0 Å². The first-order chi connectivity index (χ1) is 7.56. The highest BCUT2D eigenvalue weighted by Gasteiger charge is 2.26. The molecular weight excluding hydrogens is 206 g/mol. The Labute approximate surface area is 96.4 Å². The number of nitrogens with two attached hydrogens (primary N) is 1. The fraction of sp³-hybridized carbons (Fsp3) is 0.818. The molecule has 1 saturated heterocycles. The van der Waals surface area contributed by atoms with Crippen LogP contribution < -0.4 is 11.1 Å².